The molecule has 0 radical (unpaired) electrons. The van der Waals surface area contributed by atoms with Crippen LogP contribution >= 0.6 is 11.3 Å². The Morgan fingerprint density at radius 2 is 2.00 bits per heavy atom. The van der Waals surface area contributed by atoms with Crippen molar-refractivity contribution in [1.29, 1.82) is 0 Å². The van der Waals surface area contributed by atoms with Crippen molar-refractivity contribution in [3.8, 4) is 28.0 Å². The molecule has 1 aliphatic heterocycles. The third kappa shape index (κ3) is 4.28. The van der Waals surface area contributed by atoms with E-state index in [0.29, 0.717) is 41.0 Å². The summed E-state index contributed by atoms with van der Waals surface area (Å²) in [6, 6.07) is 0.904. The van der Waals surface area contributed by atoms with Crippen molar-refractivity contribution in [2.45, 2.75) is 19.1 Å². The van der Waals surface area contributed by atoms with E-state index in [1.54, 1.807) is 22.0 Å². The molecule has 1 amide bonds. The first-order valence-electron chi connectivity index (χ1n) is 11.6. The number of fused-ring (bicyclic) bond motifs is 1. The first-order chi connectivity index (χ1) is 18.4. The molecule has 3 aromatic heterocycles. The molecule has 38 heavy (non-hydrogen) atoms. The summed E-state index contributed by atoms with van der Waals surface area (Å²) >= 11 is 1.41. The van der Waals surface area contributed by atoms with Crippen LogP contribution in [0.5, 0.6) is 17.4 Å². The van der Waals surface area contributed by atoms with Gasteiger partial charge in [-0.3, -0.25) is 9.48 Å². The number of nitrogen functional groups attached to an aromatic ring is 1. The van der Waals surface area contributed by atoms with Crippen LogP contribution in [0, 0.1) is 11.6 Å². The topological polar surface area (TPSA) is 118 Å². The minimum Gasteiger partial charge on any atom is -0.494 e. The Labute approximate surface area is 220 Å². The van der Waals surface area contributed by atoms with Crippen molar-refractivity contribution in [2.75, 3.05) is 33.0 Å². The number of ether oxygens (including phenoxy) is 3. The lowest BCUT2D eigenvalue weighted by Crippen LogP contribution is -2.27. The maximum atomic E-state index is 15.0. The summed E-state index contributed by atoms with van der Waals surface area (Å²) in [4.78, 5) is 22.6. The number of rotatable bonds is 8. The number of nitrogens with zero attached hydrogens (tertiary/aromatic N) is 5. The van der Waals surface area contributed by atoms with Crippen molar-refractivity contribution in [3.05, 3.63) is 53.7 Å². The number of anilines is 1. The van der Waals surface area contributed by atoms with Gasteiger partial charge in [-0.05, 0) is 12.5 Å². The van der Waals surface area contributed by atoms with E-state index in [9.17, 15) is 13.6 Å². The molecule has 198 valence electrons. The lowest BCUT2D eigenvalue weighted by atomic mass is 10.1. The van der Waals surface area contributed by atoms with Crippen molar-refractivity contribution < 1.29 is 27.8 Å². The molecule has 1 aliphatic rings. The van der Waals surface area contributed by atoms with Crippen LogP contribution in [0.15, 0.2) is 36.5 Å². The molecule has 0 bridgehead atoms. The van der Waals surface area contributed by atoms with Gasteiger partial charge in [0.05, 0.1) is 36.9 Å². The number of methoxy groups -OCH3 is 2. The second-order valence-electron chi connectivity index (χ2n) is 8.47. The van der Waals surface area contributed by atoms with Gasteiger partial charge < -0.3 is 24.8 Å². The molecular weight excluding hydrogens is 518 g/mol. The van der Waals surface area contributed by atoms with Gasteiger partial charge in [0.15, 0.2) is 23.1 Å². The van der Waals surface area contributed by atoms with Crippen LogP contribution in [0.4, 0.5) is 14.6 Å². The van der Waals surface area contributed by atoms with E-state index in [1.807, 2.05) is 5.38 Å². The van der Waals surface area contributed by atoms with Gasteiger partial charge in [0, 0.05) is 36.9 Å². The molecule has 0 aliphatic carbocycles. The minimum absolute atomic E-state index is 0.0393. The van der Waals surface area contributed by atoms with Gasteiger partial charge in [0.1, 0.15) is 22.8 Å². The number of hydrogen-bond acceptors (Lipinski definition) is 9. The third-order valence-electron chi connectivity index (χ3n) is 6.40. The Morgan fingerprint density at radius 1 is 1.26 bits per heavy atom. The zero-order valence-electron chi connectivity index (χ0n) is 20.6. The molecule has 1 fully saturated rings. The Hall–Kier alpha value is -4.26. The number of nitrogens with two attached hydrogens (primary N) is 1. The number of amides is 1. The van der Waals surface area contributed by atoms with E-state index in [1.165, 1.54) is 31.6 Å². The van der Waals surface area contributed by atoms with Gasteiger partial charge in [-0.15, -0.1) is 16.4 Å². The molecule has 1 saturated heterocycles. The van der Waals surface area contributed by atoms with E-state index < -0.39 is 23.8 Å². The summed E-state index contributed by atoms with van der Waals surface area (Å²) in [6.45, 7) is 3.94. The molecule has 0 spiro atoms. The second-order valence-corrected chi connectivity index (χ2v) is 9.37. The van der Waals surface area contributed by atoms with Crippen molar-refractivity contribution in [1.82, 2.24) is 24.6 Å². The summed E-state index contributed by atoms with van der Waals surface area (Å²) < 4.78 is 47.6. The number of pyridine rings is 1. The molecule has 0 saturated carbocycles. The second kappa shape index (κ2) is 10.2. The first kappa shape index (κ1) is 25.4. The highest BCUT2D eigenvalue weighted by Gasteiger charge is 2.31. The molecule has 1 atom stereocenters. The number of carbonyl (C=O) groups is 1. The number of aromatic nitrogens is 4. The molecule has 13 heteroatoms. The fraction of sp³-hybridized carbons (Fsp3) is 0.280. The summed E-state index contributed by atoms with van der Waals surface area (Å²) in [5.74, 6) is -2.23. The molecule has 2 N–H and O–H groups in total. The summed E-state index contributed by atoms with van der Waals surface area (Å²) in [7, 11) is 2.54. The lowest BCUT2D eigenvalue weighted by molar-refractivity contribution is -0.125. The molecule has 0 unspecified atom stereocenters. The average molecular weight is 543 g/mol. The number of likely N-dealkylation sites (tertiary alicyclic amines) is 1. The van der Waals surface area contributed by atoms with Crippen LogP contribution in [0.2, 0.25) is 0 Å². The van der Waals surface area contributed by atoms with Gasteiger partial charge in [-0.1, -0.05) is 6.58 Å². The van der Waals surface area contributed by atoms with E-state index in [4.69, 9.17) is 19.9 Å². The van der Waals surface area contributed by atoms with Crippen LogP contribution in [-0.4, -0.2) is 57.9 Å². The van der Waals surface area contributed by atoms with Crippen molar-refractivity contribution in [2.24, 2.45) is 0 Å². The van der Waals surface area contributed by atoms with E-state index >= 15 is 0 Å². The minimum atomic E-state index is -0.918. The molecule has 4 heterocycles. The van der Waals surface area contributed by atoms with Crippen molar-refractivity contribution in [3.63, 3.8) is 0 Å². The Morgan fingerprint density at radius 3 is 2.63 bits per heavy atom. The first-order valence-corrected chi connectivity index (χ1v) is 12.4. The normalized spacial score (nSPS) is 15.2. The van der Waals surface area contributed by atoms with Gasteiger partial charge in [0.25, 0.3) is 0 Å². The van der Waals surface area contributed by atoms with Crippen LogP contribution in [0.3, 0.4) is 0 Å². The van der Waals surface area contributed by atoms with Gasteiger partial charge >= 0.3 is 0 Å². The average Bonchev–Trinajstić information content (AvgIpc) is 3.69. The molecule has 5 rings (SSSR count). The van der Waals surface area contributed by atoms with E-state index in [2.05, 4.69) is 21.6 Å². The highest BCUT2D eigenvalue weighted by Crippen LogP contribution is 2.40. The zero-order chi connectivity index (χ0) is 27.0. The Bertz CT molecular complexity index is 1500. The zero-order valence-corrected chi connectivity index (χ0v) is 21.4. The van der Waals surface area contributed by atoms with Gasteiger partial charge in [-0.25, -0.2) is 18.7 Å². The summed E-state index contributed by atoms with van der Waals surface area (Å²) in [6.07, 6.45) is 5.16. The summed E-state index contributed by atoms with van der Waals surface area (Å²) in [5, 5.41) is 7.55. The lowest BCUT2D eigenvalue weighted by Gasteiger charge is -2.16. The maximum Gasteiger partial charge on any atom is 0.246 e. The van der Waals surface area contributed by atoms with Gasteiger partial charge in [0.2, 0.25) is 11.8 Å². The maximum absolute atomic E-state index is 15.0. The Kier molecular flexibility index (Phi) is 6.85. The number of thiazole rings is 1. The molecular formula is C25H24F2N6O4S. The predicted octanol–water partition coefficient (Wildman–Crippen LogP) is 3.97. The largest absolute Gasteiger partial charge is 0.494 e. The van der Waals surface area contributed by atoms with Crippen LogP contribution in [0.25, 0.3) is 21.5 Å². The number of hydrogen-bond donors (Lipinski definition) is 1. The smallest absolute Gasteiger partial charge is 0.246 e. The molecule has 10 nitrogen and oxygen atoms in total. The highest BCUT2D eigenvalue weighted by atomic mass is 32.1. The van der Waals surface area contributed by atoms with Crippen LogP contribution in [-0.2, 0) is 11.4 Å². The monoisotopic (exact) mass is 542 g/mol. The number of benzene rings is 1. The van der Waals surface area contributed by atoms with Crippen molar-refractivity contribution >= 4 is 34.0 Å². The van der Waals surface area contributed by atoms with Crippen LogP contribution in [0.1, 0.15) is 18.0 Å². The van der Waals surface area contributed by atoms with Gasteiger partial charge in [-0.2, -0.15) is 0 Å². The van der Waals surface area contributed by atoms with E-state index in [0.717, 1.165) is 6.07 Å². The molecule has 4 aromatic rings. The Balaban J connectivity index is 1.61. The predicted molar refractivity (Wildman–Crippen MR) is 137 cm³/mol. The number of carbonyl (C=O) groups excluding carboxylic acids is 1. The SMILES string of the molecule is C=CC(=O)N1CC[C@H](n2nc(OCc3c(F)c(OC)cc(OC)c3F)c3c(N)ncc(-c4nccs4)c32)C1. The number of halogens is 2. The quantitative estimate of drug-likeness (QED) is 0.333. The third-order valence-corrected chi connectivity index (χ3v) is 7.20. The standard InChI is InChI=1S/C25H24F2N6O4S/c1-4-18(34)32-7-5-13(11-32)33-22-14(25-29-6-8-38-25)10-30-23(28)19(22)24(31-33)37-12-15-20(26)16(35-2)9-17(36-3)21(15)27/h4,6,8-10,13H,1,5,7,11-12H2,2-3H3,(H2,28,30)/t13-/m0/s1. The highest BCUT2D eigenvalue weighted by molar-refractivity contribution is 7.13. The molecule has 1 aromatic carbocycles. The van der Waals surface area contributed by atoms with Crippen LogP contribution < -0.4 is 19.9 Å². The van der Waals surface area contributed by atoms with E-state index in [-0.39, 0.29) is 35.1 Å². The summed E-state index contributed by atoms with van der Waals surface area (Å²) in [5.41, 5.74) is 7.16. The fourth-order valence-electron chi connectivity index (χ4n) is 4.52. The fourth-order valence-corrected chi connectivity index (χ4v) is 5.16.